The van der Waals surface area contributed by atoms with E-state index in [1.165, 1.54) is 0 Å². The number of para-hydroxylation sites is 2. The summed E-state index contributed by atoms with van der Waals surface area (Å²) in [7, 11) is 0. The predicted octanol–water partition coefficient (Wildman–Crippen LogP) is 4.48. The third-order valence-electron chi connectivity index (χ3n) is 4.29. The van der Waals surface area contributed by atoms with Crippen molar-refractivity contribution in [1.29, 1.82) is 0 Å². The molecule has 2 heterocycles. The molecule has 1 aliphatic rings. The van der Waals surface area contributed by atoms with E-state index < -0.39 is 5.60 Å². The van der Waals surface area contributed by atoms with E-state index in [0.717, 1.165) is 30.3 Å². The fourth-order valence-electron chi connectivity index (χ4n) is 3.08. The van der Waals surface area contributed by atoms with E-state index in [2.05, 4.69) is 15.3 Å². The van der Waals surface area contributed by atoms with E-state index in [4.69, 9.17) is 16.3 Å². The van der Waals surface area contributed by atoms with Crippen molar-refractivity contribution in [3.05, 3.63) is 29.4 Å². The van der Waals surface area contributed by atoms with Gasteiger partial charge in [-0.2, -0.15) is 0 Å². The van der Waals surface area contributed by atoms with Crippen molar-refractivity contribution in [2.24, 2.45) is 0 Å². The lowest BCUT2D eigenvalue weighted by Crippen LogP contribution is -2.49. The zero-order chi connectivity index (χ0) is 18.7. The van der Waals surface area contributed by atoms with Gasteiger partial charge in [-0.15, -0.1) is 0 Å². The Balaban J connectivity index is 1.70. The first kappa shape index (κ1) is 18.7. The van der Waals surface area contributed by atoms with E-state index >= 15 is 0 Å². The van der Waals surface area contributed by atoms with Crippen LogP contribution >= 0.6 is 11.6 Å². The summed E-state index contributed by atoms with van der Waals surface area (Å²) >= 11 is 6.27. The van der Waals surface area contributed by atoms with Gasteiger partial charge in [0.25, 0.3) is 0 Å². The maximum absolute atomic E-state index is 12.5. The first-order valence-corrected chi connectivity index (χ1v) is 9.37. The number of nitrogens with zero attached hydrogens (tertiary/aromatic N) is 3. The van der Waals surface area contributed by atoms with Gasteiger partial charge in [-0.05, 0) is 52.2 Å². The second-order valence-electron chi connectivity index (χ2n) is 7.56. The van der Waals surface area contributed by atoms with Gasteiger partial charge in [-0.25, -0.2) is 14.8 Å². The molecule has 3 rings (SSSR count). The number of ether oxygens (including phenoxy) is 1. The number of piperidine rings is 1. The van der Waals surface area contributed by atoms with Gasteiger partial charge in [0.15, 0.2) is 11.0 Å². The quantitative estimate of drug-likeness (QED) is 0.855. The van der Waals surface area contributed by atoms with Crippen molar-refractivity contribution in [3.8, 4) is 0 Å². The number of fused-ring (bicyclic) bond motifs is 1. The van der Waals surface area contributed by atoms with Crippen LogP contribution in [-0.2, 0) is 4.74 Å². The van der Waals surface area contributed by atoms with Crippen molar-refractivity contribution in [1.82, 2.24) is 14.9 Å². The fourth-order valence-corrected chi connectivity index (χ4v) is 3.28. The highest BCUT2D eigenvalue weighted by molar-refractivity contribution is 6.32. The molecule has 1 amide bonds. The predicted molar refractivity (Wildman–Crippen MR) is 104 cm³/mol. The Morgan fingerprint density at radius 1 is 1.27 bits per heavy atom. The lowest BCUT2D eigenvalue weighted by molar-refractivity contribution is 0.0114. The number of halogens is 1. The molecule has 1 fully saturated rings. The summed E-state index contributed by atoms with van der Waals surface area (Å²) in [6, 6.07) is 7.64. The van der Waals surface area contributed by atoms with Gasteiger partial charge in [-0.3, -0.25) is 0 Å². The van der Waals surface area contributed by atoms with Crippen LogP contribution in [0.25, 0.3) is 11.0 Å². The van der Waals surface area contributed by atoms with E-state index in [1.54, 1.807) is 0 Å². The summed E-state index contributed by atoms with van der Waals surface area (Å²) in [6.45, 7) is 6.91. The molecular weight excluding hydrogens is 352 g/mol. The van der Waals surface area contributed by atoms with Gasteiger partial charge in [0.1, 0.15) is 5.60 Å². The van der Waals surface area contributed by atoms with Crippen LogP contribution in [0, 0.1) is 0 Å². The number of carbonyl (C=O) groups excluding carboxylic acids is 1. The van der Waals surface area contributed by atoms with Crippen LogP contribution in [0.5, 0.6) is 0 Å². The molecule has 0 unspecified atom stereocenters. The second-order valence-corrected chi connectivity index (χ2v) is 7.91. The Labute approximate surface area is 158 Å². The largest absolute Gasteiger partial charge is 0.444 e. The number of aromatic nitrogens is 2. The number of rotatable bonds is 3. The molecular formula is C19H25ClN4O2. The average Bonchev–Trinajstić information content (AvgIpc) is 2.58. The third-order valence-corrected chi connectivity index (χ3v) is 4.55. The van der Waals surface area contributed by atoms with Gasteiger partial charge in [0, 0.05) is 13.1 Å². The number of nitrogens with one attached hydrogen (secondary N) is 1. The highest BCUT2D eigenvalue weighted by Gasteiger charge is 2.30. The zero-order valence-corrected chi connectivity index (χ0v) is 16.2. The summed E-state index contributed by atoms with van der Waals surface area (Å²) in [5.41, 5.74) is 1.04. The Kier molecular flexibility index (Phi) is 5.51. The van der Waals surface area contributed by atoms with Gasteiger partial charge in [0.05, 0.1) is 17.1 Å². The summed E-state index contributed by atoms with van der Waals surface area (Å²) in [6.07, 6.45) is 2.74. The molecule has 1 atom stereocenters. The first-order valence-electron chi connectivity index (χ1n) is 8.99. The molecule has 0 saturated carbocycles. The minimum absolute atomic E-state index is 0.0444. The average molecular weight is 377 g/mol. The number of benzene rings is 1. The van der Waals surface area contributed by atoms with Crippen LogP contribution < -0.4 is 5.32 Å². The number of hydrogen-bond acceptors (Lipinski definition) is 5. The molecule has 1 aromatic heterocycles. The SMILES string of the molecule is CC(C)(C)OC(=O)N1CCCC[C@@H]1CNc1nc2ccccc2nc1Cl. The van der Waals surface area contributed by atoms with Crippen molar-refractivity contribution in [2.75, 3.05) is 18.4 Å². The minimum Gasteiger partial charge on any atom is -0.444 e. The van der Waals surface area contributed by atoms with Crippen molar-refractivity contribution in [2.45, 2.75) is 51.7 Å². The Morgan fingerprint density at radius 2 is 1.96 bits per heavy atom. The van der Waals surface area contributed by atoms with Crippen LogP contribution in [-0.4, -0.2) is 45.7 Å². The van der Waals surface area contributed by atoms with Gasteiger partial charge in [0.2, 0.25) is 0 Å². The highest BCUT2D eigenvalue weighted by atomic mass is 35.5. The molecule has 6 nitrogen and oxygen atoms in total. The molecule has 0 radical (unpaired) electrons. The molecule has 7 heteroatoms. The number of anilines is 1. The minimum atomic E-state index is -0.500. The zero-order valence-electron chi connectivity index (χ0n) is 15.5. The molecule has 0 spiro atoms. The Morgan fingerprint density at radius 3 is 2.65 bits per heavy atom. The van der Waals surface area contributed by atoms with Crippen molar-refractivity contribution in [3.63, 3.8) is 0 Å². The summed E-state index contributed by atoms with van der Waals surface area (Å²) in [5.74, 6) is 0.542. The first-order chi connectivity index (χ1) is 12.3. The Hall–Kier alpha value is -2.08. The number of likely N-dealkylation sites (tertiary alicyclic amines) is 1. The van der Waals surface area contributed by atoms with Crippen molar-refractivity contribution < 1.29 is 9.53 Å². The van der Waals surface area contributed by atoms with Crippen LogP contribution in [0.2, 0.25) is 5.15 Å². The summed E-state index contributed by atoms with van der Waals surface area (Å²) in [4.78, 5) is 23.2. The number of carbonyl (C=O) groups is 1. The maximum atomic E-state index is 12.5. The number of hydrogen-bond donors (Lipinski definition) is 1. The topological polar surface area (TPSA) is 67.3 Å². The molecule has 0 aliphatic carbocycles. The lowest BCUT2D eigenvalue weighted by atomic mass is 10.0. The van der Waals surface area contributed by atoms with E-state index in [0.29, 0.717) is 24.1 Å². The lowest BCUT2D eigenvalue weighted by Gasteiger charge is -2.36. The Bertz CT molecular complexity index is 791. The van der Waals surface area contributed by atoms with Crippen LogP contribution in [0.1, 0.15) is 40.0 Å². The third kappa shape index (κ3) is 4.55. The smallest absolute Gasteiger partial charge is 0.410 e. The van der Waals surface area contributed by atoms with Gasteiger partial charge < -0.3 is 15.0 Å². The van der Waals surface area contributed by atoms with E-state index in [9.17, 15) is 4.79 Å². The highest BCUT2D eigenvalue weighted by Crippen LogP contribution is 2.24. The normalized spacial score (nSPS) is 18.0. The standard InChI is InChI=1S/C19H25ClN4O2/c1-19(2,3)26-18(25)24-11-7-6-8-13(24)12-21-17-16(20)22-14-9-4-5-10-15(14)23-17/h4-5,9-10,13H,6-8,11-12H2,1-3H3,(H,21,23)/t13-/m1/s1. The van der Waals surface area contributed by atoms with Crippen LogP contribution in [0.4, 0.5) is 10.6 Å². The van der Waals surface area contributed by atoms with Gasteiger partial charge >= 0.3 is 6.09 Å². The monoisotopic (exact) mass is 376 g/mol. The maximum Gasteiger partial charge on any atom is 0.410 e. The molecule has 0 bridgehead atoms. The van der Waals surface area contributed by atoms with Gasteiger partial charge in [-0.1, -0.05) is 23.7 Å². The van der Waals surface area contributed by atoms with Crippen LogP contribution in [0.3, 0.4) is 0 Å². The van der Waals surface area contributed by atoms with E-state index in [-0.39, 0.29) is 12.1 Å². The molecule has 2 aromatic rings. The fraction of sp³-hybridized carbons (Fsp3) is 0.526. The number of amides is 1. The molecule has 26 heavy (non-hydrogen) atoms. The van der Waals surface area contributed by atoms with Crippen molar-refractivity contribution >= 4 is 34.5 Å². The summed E-state index contributed by atoms with van der Waals surface area (Å²) < 4.78 is 5.55. The molecule has 1 saturated heterocycles. The van der Waals surface area contributed by atoms with E-state index in [1.807, 2.05) is 49.9 Å². The molecule has 1 N–H and O–H groups in total. The second kappa shape index (κ2) is 7.66. The molecule has 1 aromatic carbocycles. The molecule has 140 valence electrons. The van der Waals surface area contributed by atoms with Crippen LogP contribution in [0.15, 0.2) is 24.3 Å². The molecule has 1 aliphatic heterocycles. The summed E-state index contributed by atoms with van der Waals surface area (Å²) in [5, 5.41) is 3.60.